The van der Waals surface area contributed by atoms with E-state index in [1.165, 1.54) is 7.11 Å². The Hall–Kier alpha value is -2.68. The molecule has 10 heteroatoms. The van der Waals surface area contributed by atoms with Crippen LogP contribution in [-0.2, 0) is 11.3 Å². The van der Waals surface area contributed by atoms with Gasteiger partial charge in [0.2, 0.25) is 11.7 Å². The highest BCUT2D eigenvalue weighted by Crippen LogP contribution is 2.23. The lowest BCUT2D eigenvalue weighted by Crippen LogP contribution is -2.28. The van der Waals surface area contributed by atoms with Gasteiger partial charge in [0.15, 0.2) is 5.11 Å². The minimum Gasteiger partial charge on any atom is -0.465 e. The lowest BCUT2D eigenvalue weighted by Gasteiger charge is -2.11. The normalized spacial score (nSPS) is 10.4. The fourth-order valence-electron chi connectivity index (χ4n) is 2.26. The molecule has 0 amide bonds. The molecule has 0 spiro atoms. The Kier molecular flexibility index (Phi) is 6.45. The van der Waals surface area contributed by atoms with Gasteiger partial charge in [-0.3, -0.25) is 0 Å². The highest BCUT2D eigenvalue weighted by molar-refractivity contribution is 7.80. The molecule has 144 valence electrons. The summed E-state index contributed by atoms with van der Waals surface area (Å²) in [6, 6.07) is 11.8. The monoisotopic (exact) mass is 436 g/mol. The van der Waals surface area contributed by atoms with Crippen LogP contribution in [0.2, 0.25) is 10.0 Å². The highest BCUT2D eigenvalue weighted by Gasteiger charge is 2.12. The minimum atomic E-state index is -0.474. The molecule has 0 bridgehead atoms. The quantitative estimate of drug-likeness (QED) is 0.451. The molecule has 1 aromatic heterocycles. The number of halogens is 2. The van der Waals surface area contributed by atoms with Gasteiger partial charge in [-0.05, 0) is 42.5 Å². The van der Waals surface area contributed by atoms with Gasteiger partial charge in [-0.1, -0.05) is 40.5 Å². The van der Waals surface area contributed by atoms with Gasteiger partial charge in [0, 0.05) is 10.6 Å². The van der Waals surface area contributed by atoms with Gasteiger partial charge in [0.1, 0.15) is 0 Å². The van der Waals surface area contributed by atoms with Crippen molar-refractivity contribution in [2.75, 3.05) is 12.4 Å². The van der Waals surface area contributed by atoms with E-state index in [9.17, 15) is 4.79 Å². The number of nitrogens with one attached hydrogen (secondary N) is 2. The zero-order valence-corrected chi connectivity index (χ0v) is 16.9. The molecule has 3 aromatic rings. The van der Waals surface area contributed by atoms with Gasteiger partial charge in [-0.2, -0.15) is 4.98 Å². The van der Waals surface area contributed by atoms with Crippen LogP contribution >= 0.6 is 35.4 Å². The summed E-state index contributed by atoms with van der Waals surface area (Å²) in [5, 5.41) is 11.0. The van der Waals surface area contributed by atoms with Gasteiger partial charge in [0.25, 0.3) is 0 Å². The molecule has 0 saturated carbocycles. The number of carbonyl (C=O) groups excluding carboxylic acids is 1. The topological polar surface area (TPSA) is 89.3 Å². The average Bonchev–Trinajstić information content (AvgIpc) is 3.16. The first-order chi connectivity index (χ1) is 13.5. The molecule has 0 aliphatic heterocycles. The molecule has 28 heavy (non-hydrogen) atoms. The number of ether oxygens (including phenoxy) is 1. The number of thiocarbonyl (C=S) groups is 1. The van der Waals surface area contributed by atoms with Crippen LogP contribution in [-0.4, -0.2) is 28.3 Å². The zero-order valence-electron chi connectivity index (χ0n) is 14.5. The molecule has 0 atom stereocenters. The van der Waals surface area contributed by atoms with Crippen LogP contribution in [0.5, 0.6) is 0 Å². The van der Waals surface area contributed by atoms with Crippen molar-refractivity contribution in [2.45, 2.75) is 6.54 Å². The lowest BCUT2D eigenvalue weighted by molar-refractivity contribution is 0.0601. The van der Waals surface area contributed by atoms with E-state index in [2.05, 4.69) is 20.8 Å². The van der Waals surface area contributed by atoms with Crippen molar-refractivity contribution in [3.8, 4) is 11.4 Å². The number of hydrogen-bond donors (Lipinski definition) is 2. The number of nitrogens with zero attached hydrogens (tertiary/aromatic N) is 2. The Balaban J connectivity index is 1.62. The summed E-state index contributed by atoms with van der Waals surface area (Å²) in [4.78, 5) is 15.9. The number of hydrogen-bond acceptors (Lipinski definition) is 6. The van der Waals surface area contributed by atoms with Crippen molar-refractivity contribution in [2.24, 2.45) is 0 Å². The van der Waals surface area contributed by atoms with E-state index in [4.69, 9.17) is 44.7 Å². The number of methoxy groups -OCH3 is 1. The summed E-state index contributed by atoms with van der Waals surface area (Å²) in [7, 11) is 1.30. The first kappa shape index (κ1) is 20.1. The molecule has 1 heterocycles. The van der Waals surface area contributed by atoms with Gasteiger partial charge < -0.3 is 19.9 Å². The Labute approximate surface area is 176 Å². The van der Waals surface area contributed by atoms with Crippen LogP contribution in [0.25, 0.3) is 11.4 Å². The number of carbonyl (C=O) groups is 1. The van der Waals surface area contributed by atoms with Gasteiger partial charge >= 0.3 is 5.97 Å². The Bertz CT molecular complexity index is 1030. The number of rotatable bonds is 5. The summed E-state index contributed by atoms with van der Waals surface area (Å²) >= 11 is 17.4. The third-order valence-corrected chi connectivity index (χ3v) is 4.40. The largest absolute Gasteiger partial charge is 0.465 e. The first-order valence-electron chi connectivity index (χ1n) is 7.97. The molecule has 0 unspecified atom stereocenters. The van der Waals surface area contributed by atoms with Crippen LogP contribution in [0.1, 0.15) is 16.2 Å². The standard InChI is InChI=1S/C18H14Cl2N4O3S/c1-26-17(25)11-5-6-13(20)14(8-11)22-18(28)21-9-15-23-16(24-27-15)10-3-2-4-12(19)7-10/h2-8H,9H2,1H3,(H2,21,22,28). The predicted octanol–water partition coefficient (Wildman–Crippen LogP) is 4.32. The van der Waals surface area contributed by atoms with Crippen molar-refractivity contribution in [1.29, 1.82) is 0 Å². The molecule has 2 aromatic carbocycles. The van der Waals surface area contributed by atoms with E-state index < -0.39 is 5.97 Å². The Morgan fingerprint density at radius 2 is 2.07 bits per heavy atom. The average molecular weight is 437 g/mol. The SMILES string of the molecule is COC(=O)c1ccc(Cl)c(NC(=S)NCc2nc(-c3cccc(Cl)c3)no2)c1. The summed E-state index contributed by atoms with van der Waals surface area (Å²) in [6.07, 6.45) is 0. The van der Waals surface area contributed by atoms with Gasteiger partial charge in [-0.15, -0.1) is 0 Å². The first-order valence-corrected chi connectivity index (χ1v) is 9.14. The smallest absolute Gasteiger partial charge is 0.337 e. The Morgan fingerprint density at radius 1 is 1.25 bits per heavy atom. The van der Waals surface area contributed by atoms with E-state index in [1.807, 2.05) is 6.07 Å². The van der Waals surface area contributed by atoms with Gasteiger partial charge in [-0.25, -0.2) is 4.79 Å². The number of benzene rings is 2. The number of anilines is 1. The van der Waals surface area contributed by atoms with E-state index in [-0.39, 0.29) is 11.7 Å². The van der Waals surface area contributed by atoms with Gasteiger partial charge in [0.05, 0.1) is 29.9 Å². The van der Waals surface area contributed by atoms with E-state index in [0.29, 0.717) is 33.0 Å². The van der Waals surface area contributed by atoms with Crippen LogP contribution in [0.3, 0.4) is 0 Å². The fourth-order valence-corrected chi connectivity index (χ4v) is 2.80. The van der Waals surface area contributed by atoms with Crippen molar-refractivity contribution < 1.29 is 14.1 Å². The zero-order chi connectivity index (χ0) is 20.1. The van der Waals surface area contributed by atoms with Crippen molar-refractivity contribution in [3.05, 3.63) is 64.0 Å². The molecule has 0 aliphatic rings. The van der Waals surface area contributed by atoms with Crippen LogP contribution in [0, 0.1) is 0 Å². The van der Waals surface area contributed by atoms with Crippen molar-refractivity contribution in [3.63, 3.8) is 0 Å². The van der Waals surface area contributed by atoms with Crippen molar-refractivity contribution >= 4 is 52.2 Å². The number of esters is 1. The molecular weight excluding hydrogens is 423 g/mol. The second kappa shape index (κ2) is 9.01. The summed E-state index contributed by atoms with van der Waals surface area (Å²) in [5.74, 6) is 0.290. The summed E-state index contributed by atoms with van der Waals surface area (Å²) in [6.45, 7) is 0.202. The third-order valence-electron chi connectivity index (χ3n) is 3.59. The fraction of sp³-hybridized carbons (Fsp3) is 0.111. The molecule has 0 radical (unpaired) electrons. The predicted molar refractivity (Wildman–Crippen MR) is 111 cm³/mol. The molecule has 3 rings (SSSR count). The molecule has 2 N–H and O–H groups in total. The molecule has 0 saturated heterocycles. The molecule has 0 fully saturated rings. The van der Waals surface area contributed by atoms with Crippen molar-refractivity contribution in [1.82, 2.24) is 15.5 Å². The van der Waals surface area contributed by atoms with Crippen LogP contribution < -0.4 is 10.6 Å². The maximum atomic E-state index is 11.6. The molecule has 7 nitrogen and oxygen atoms in total. The Morgan fingerprint density at radius 3 is 2.82 bits per heavy atom. The van der Waals surface area contributed by atoms with E-state index in [1.54, 1.807) is 36.4 Å². The van der Waals surface area contributed by atoms with E-state index >= 15 is 0 Å². The van der Waals surface area contributed by atoms with Crippen LogP contribution in [0.4, 0.5) is 5.69 Å². The molecule has 0 aliphatic carbocycles. The highest BCUT2D eigenvalue weighted by atomic mass is 35.5. The second-order valence-corrected chi connectivity index (χ2v) is 6.77. The maximum Gasteiger partial charge on any atom is 0.337 e. The second-order valence-electron chi connectivity index (χ2n) is 5.52. The third kappa shape index (κ3) is 4.98. The maximum absolute atomic E-state index is 11.6. The van der Waals surface area contributed by atoms with E-state index in [0.717, 1.165) is 5.56 Å². The number of aromatic nitrogens is 2. The summed E-state index contributed by atoms with van der Waals surface area (Å²) in [5.41, 5.74) is 1.56. The summed E-state index contributed by atoms with van der Waals surface area (Å²) < 4.78 is 9.90. The molecular formula is C18H14Cl2N4O3S. The van der Waals surface area contributed by atoms with Crippen LogP contribution in [0.15, 0.2) is 47.0 Å². The minimum absolute atomic E-state index is 0.202. The lowest BCUT2D eigenvalue weighted by atomic mass is 10.2.